The molecule has 0 aliphatic heterocycles. The Labute approximate surface area is 124 Å². The van der Waals surface area contributed by atoms with Crippen molar-refractivity contribution in [3.63, 3.8) is 0 Å². The molecule has 0 aromatic carbocycles. The van der Waals surface area contributed by atoms with E-state index in [9.17, 15) is 9.90 Å². The summed E-state index contributed by atoms with van der Waals surface area (Å²) in [6.45, 7) is 2.45. The van der Waals surface area contributed by atoms with Crippen LogP contribution in [0.3, 0.4) is 0 Å². The number of carbonyl (C=O) groups excluding carboxylic acids is 1. The predicted octanol–water partition coefficient (Wildman–Crippen LogP) is 2.80. The molecule has 2 N–H and O–H groups in total. The topological polar surface area (TPSA) is 62.2 Å². The third-order valence-corrected chi connectivity index (χ3v) is 4.50. The van der Waals surface area contributed by atoms with Crippen LogP contribution in [0.5, 0.6) is 0 Å². The number of amides is 1. The highest BCUT2D eigenvalue weighted by atomic mass is 35.5. The van der Waals surface area contributed by atoms with E-state index in [0.29, 0.717) is 11.5 Å². The number of halogens is 1. The Hall–Kier alpha value is -1.13. The molecule has 0 bridgehead atoms. The number of hydrogen-bond donors (Lipinski definition) is 2. The monoisotopic (exact) mass is 296 g/mol. The summed E-state index contributed by atoms with van der Waals surface area (Å²) < 4.78 is 0. The van der Waals surface area contributed by atoms with Crippen molar-refractivity contribution >= 4 is 17.5 Å². The lowest BCUT2D eigenvalue weighted by Crippen LogP contribution is -2.45. The Kier molecular flexibility index (Phi) is 5.00. The zero-order chi connectivity index (χ0) is 14.6. The second kappa shape index (κ2) is 6.55. The molecule has 1 heterocycles. The summed E-state index contributed by atoms with van der Waals surface area (Å²) >= 11 is 5.88. The molecular formula is C15H21ClN2O2. The molecule has 2 rings (SSSR count). The molecule has 1 saturated carbocycles. The van der Waals surface area contributed by atoms with Crippen molar-refractivity contribution in [1.29, 1.82) is 0 Å². The molecule has 1 aromatic rings. The van der Waals surface area contributed by atoms with Crippen molar-refractivity contribution in [2.24, 2.45) is 5.92 Å². The lowest BCUT2D eigenvalue weighted by Gasteiger charge is -2.35. The zero-order valence-corrected chi connectivity index (χ0v) is 12.5. The number of hydrogen-bond acceptors (Lipinski definition) is 3. The molecule has 0 unspecified atom stereocenters. The van der Waals surface area contributed by atoms with Crippen LogP contribution in [0.2, 0.25) is 5.15 Å². The van der Waals surface area contributed by atoms with E-state index >= 15 is 0 Å². The van der Waals surface area contributed by atoms with Gasteiger partial charge in [0.2, 0.25) is 0 Å². The van der Waals surface area contributed by atoms with Crippen molar-refractivity contribution in [2.45, 2.75) is 44.6 Å². The minimum atomic E-state index is -0.782. The summed E-state index contributed by atoms with van der Waals surface area (Å²) in [5.41, 5.74) is -0.434. The molecule has 1 aromatic heterocycles. The van der Waals surface area contributed by atoms with Crippen LogP contribution in [0.1, 0.15) is 49.4 Å². The Morgan fingerprint density at radius 3 is 2.85 bits per heavy atom. The van der Waals surface area contributed by atoms with Crippen molar-refractivity contribution in [1.82, 2.24) is 10.3 Å². The molecule has 0 radical (unpaired) electrons. The second-order valence-electron chi connectivity index (χ2n) is 5.60. The summed E-state index contributed by atoms with van der Waals surface area (Å²) in [5.74, 6) is 0.424. The number of rotatable bonds is 4. The minimum Gasteiger partial charge on any atom is -0.388 e. The molecule has 0 saturated heterocycles. The standard InChI is InChI=1S/C15H21ClN2O2/c1-2-11-5-7-15(20,8-6-11)10-18-14(19)12-4-3-9-17-13(12)16/h3-4,9,11,20H,2,5-8,10H2,1H3,(H,18,19). The van der Waals surface area contributed by atoms with Crippen LogP contribution < -0.4 is 5.32 Å². The molecule has 5 heteroatoms. The Morgan fingerprint density at radius 1 is 1.55 bits per heavy atom. The van der Waals surface area contributed by atoms with Crippen LogP contribution in [0.4, 0.5) is 0 Å². The summed E-state index contributed by atoms with van der Waals surface area (Å²) in [4.78, 5) is 15.9. The van der Waals surface area contributed by atoms with Crippen LogP contribution in [0.25, 0.3) is 0 Å². The first-order valence-electron chi connectivity index (χ1n) is 7.15. The van der Waals surface area contributed by atoms with Gasteiger partial charge in [0.1, 0.15) is 5.15 Å². The van der Waals surface area contributed by atoms with Gasteiger partial charge in [0.15, 0.2) is 0 Å². The summed E-state index contributed by atoms with van der Waals surface area (Å²) in [5, 5.41) is 13.4. The van der Waals surface area contributed by atoms with Crippen molar-refractivity contribution in [3.8, 4) is 0 Å². The van der Waals surface area contributed by atoms with Gasteiger partial charge < -0.3 is 10.4 Å². The van der Waals surface area contributed by atoms with Gasteiger partial charge in [0.25, 0.3) is 5.91 Å². The fourth-order valence-corrected chi connectivity index (χ4v) is 2.90. The van der Waals surface area contributed by atoms with E-state index in [-0.39, 0.29) is 17.6 Å². The fraction of sp³-hybridized carbons (Fsp3) is 0.600. The van der Waals surface area contributed by atoms with E-state index in [4.69, 9.17) is 11.6 Å². The Morgan fingerprint density at radius 2 is 2.25 bits per heavy atom. The van der Waals surface area contributed by atoms with Gasteiger partial charge in [-0.05, 0) is 43.7 Å². The maximum Gasteiger partial charge on any atom is 0.254 e. The third kappa shape index (κ3) is 3.70. The predicted molar refractivity (Wildman–Crippen MR) is 78.8 cm³/mol. The first-order chi connectivity index (χ1) is 9.54. The van der Waals surface area contributed by atoms with E-state index in [1.807, 2.05) is 0 Å². The highest BCUT2D eigenvalue weighted by Crippen LogP contribution is 2.33. The molecule has 110 valence electrons. The number of pyridine rings is 1. The molecule has 0 atom stereocenters. The maximum atomic E-state index is 12.0. The van der Waals surface area contributed by atoms with E-state index in [1.54, 1.807) is 18.3 Å². The highest BCUT2D eigenvalue weighted by Gasteiger charge is 2.33. The van der Waals surface area contributed by atoms with E-state index < -0.39 is 5.60 Å². The second-order valence-corrected chi connectivity index (χ2v) is 5.96. The molecule has 0 spiro atoms. The zero-order valence-electron chi connectivity index (χ0n) is 11.7. The maximum absolute atomic E-state index is 12.0. The van der Waals surface area contributed by atoms with Crippen LogP contribution in [-0.4, -0.2) is 28.1 Å². The Balaban J connectivity index is 1.89. The van der Waals surface area contributed by atoms with Gasteiger partial charge in [-0.3, -0.25) is 4.79 Å². The average Bonchev–Trinajstić information content (AvgIpc) is 2.46. The van der Waals surface area contributed by atoms with Crippen LogP contribution >= 0.6 is 11.6 Å². The van der Waals surface area contributed by atoms with Gasteiger partial charge >= 0.3 is 0 Å². The van der Waals surface area contributed by atoms with Gasteiger partial charge in [-0.2, -0.15) is 0 Å². The molecule has 20 heavy (non-hydrogen) atoms. The summed E-state index contributed by atoms with van der Waals surface area (Å²) in [6.07, 6.45) is 6.23. The first-order valence-corrected chi connectivity index (χ1v) is 7.53. The number of aliphatic hydroxyl groups is 1. The summed E-state index contributed by atoms with van der Waals surface area (Å²) in [6, 6.07) is 3.30. The fourth-order valence-electron chi connectivity index (χ4n) is 2.70. The van der Waals surface area contributed by atoms with E-state index in [0.717, 1.165) is 32.1 Å². The van der Waals surface area contributed by atoms with Crippen molar-refractivity contribution < 1.29 is 9.90 Å². The molecule has 1 amide bonds. The molecular weight excluding hydrogens is 276 g/mol. The smallest absolute Gasteiger partial charge is 0.254 e. The molecule has 1 fully saturated rings. The van der Waals surface area contributed by atoms with E-state index in [1.165, 1.54) is 0 Å². The normalized spacial score (nSPS) is 26.2. The number of carbonyl (C=O) groups is 1. The Bertz CT molecular complexity index is 471. The van der Waals surface area contributed by atoms with Gasteiger partial charge in [0, 0.05) is 12.7 Å². The van der Waals surface area contributed by atoms with Crippen molar-refractivity contribution in [3.05, 3.63) is 29.0 Å². The number of nitrogens with zero attached hydrogens (tertiary/aromatic N) is 1. The highest BCUT2D eigenvalue weighted by molar-refractivity contribution is 6.32. The third-order valence-electron chi connectivity index (χ3n) is 4.19. The number of aromatic nitrogens is 1. The minimum absolute atomic E-state index is 0.187. The van der Waals surface area contributed by atoms with Crippen molar-refractivity contribution in [2.75, 3.05) is 6.54 Å². The first kappa shape index (κ1) is 15.3. The molecule has 1 aliphatic rings. The largest absolute Gasteiger partial charge is 0.388 e. The van der Waals surface area contributed by atoms with Gasteiger partial charge in [-0.25, -0.2) is 4.98 Å². The average molecular weight is 297 g/mol. The van der Waals surface area contributed by atoms with Gasteiger partial charge in [0.05, 0.1) is 11.2 Å². The van der Waals surface area contributed by atoms with Crippen LogP contribution in [0.15, 0.2) is 18.3 Å². The number of nitrogens with one attached hydrogen (secondary N) is 1. The lowest BCUT2D eigenvalue weighted by molar-refractivity contribution is -0.00786. The molecule has 1 aliphatic carbocycles. The van der Waals surface area contributed by atoms with Crippen LogP contribution in [0, 0.1) is 5.92 Å². The van der Waals surface area contributed by atoms with Crippen LogP contribution in [-0.2, 0) is 0 Å². The SMILES string of the molecule is CCC1CCC(O)(CNC(=O)c2cccnc2Cl)CC1. The van der Waals surface area contributed by atoms with E-state index in [2.05, 4.69) is 17.2 Å². The van der Waals surface area contributed by atoms with Gasteiger partial charge in [-0.15, -0.1) is 0 Å². The lowest BCUT2D eigenvalue weighted by atomic mass is 9.78. The molecule has 4 nitrogen and oxygen atoms in total. The quantitative estimate of drug-likeness (QED) is 0.840. The summed E-state index contributed by atoms with van der Waals surface area (Å²) in [7, 11) is 0. The van der Waals surface area contributed by atoms with Gasteiger partial charge in [-0.1, -0.05) is 24.9 Å².